The van der Waals surface area contributed by atoms with Gasteiger partial charge in [-0.2, -0.15) is 0 Å². The Morgan fingerprint density at radius 3 is 2.62 bits per heavy atom. The number of amides is 1. The third-order valence-electron chi connectivity index (χ3n) is 4.04. The molecule has 0 fully saturated rings. The quantitative estimate of drug-likeness (QED) is 0.619. The number of nitrogens with one attached hydrogen (secondary N) is 1. The largest absolute Gasteiger partial charge is 0.444 e. The maximum Gasteiger partial charge on any atom is 0.272 e. The first kappa shape index (κ1) is 14.3. The molecule has 4 rings (SSSR count). The monoisotopic (exact) mass is 317 g/mol. The van der Waals surface area contributed by atoms with Crippen LogP contribution in [0.15, 0.2) is 71.6 Å². The first-order valence-corrected chi connectivity index (χ1v) is 7.57. The molecule has 0 saturated heterocycles. The van der Waals surface area contributed by atoms with E-state index in [4.69, 9.17) is 4.42 Å². The van der Waals surface area contributed by atoms with E-state index in [1.165, 1.54) is 6.39 Å². The van der Waals surface area contributed by atoms with Crippen LogP contribution in [0.3, 0.4) is 0 Å². The molecule has 0 aliphatic carbocycles. The summed E-state index contributed by atoms with van der Waals surface area (Å²) in [6.45, 7) is 0. The number of aryl methyl sites for hydroxylation is 1. The number of hydrogen-bond donors (Lipinski definition) is 1. The first-order valence-electron chi connectivity index (χ1n) is 7.57. The summed E-state index contributed by atoms with van der Waals surface area (Å²) >= 11 is 0. The summed E-state index contributed by atoms with van der Waals surface area (Å²) in [6.07, 6.45) is 3.05. The molecule has 4 aromatic rings. The van der Waals surface area contributed by atoms with Gasteiger partial charge in [-0.25, -0.2) is 4.98 Å². The number of oxazole rings is 1. The van der Waals surface area contributed by atoms with Gasteiger partial charge in [-0.1, -0.05) is 18.2 Å². The highest BCUT2D eigenvalue weighted by atomic mass is 16.3. The minimum Gasteiger partial charge on any atom is -0.444 e. The van der Waals surface area contributed by atoms with Gasteiger partial charge in [-0.3, -0.25) is 4.79 Å². The lowest BCUT2D eigenvalue weighted by Crippen LogP contribution is -2.15. The molecule has 118 valence electrons. The zero-order valence-corrected chi connectivity index (χ0v) is 13.1. The van der Waals surface area contributed by atoms with Crippen LogP contribution < -0.4 is 5.32 Å². The highest BCUT2D eigenvalue weighted by molar-refractivity contribution is 6.06. The van der Waals surface area contributed by atoms with E-state index in [-0.39, 0.29) is 5.91 Å². The first-order chi connectivity index (χ1) is 11.7. The smallest absolute Gasteiger partial charge is 0.272 e. The number of para-hydroxylation sites is 1. The van der Waals surface area contributed by atoms with E-state index < -0.39 is 0 Å². The zero-order chi connectivity index (χ0) is 16.5. The van der Waals surface area contributed by atoms with Crippen LogP contribution in [-0.2, 0) is 7.05 Å². The Morgan fingerprint density at radius 1 is 1.12 bits per heavy atom. The maximum absolute atomic E-state index is 12.6. The van der Waals surface area contributed by atoms with Gasteiger partial charge in [0.25, 0.3) is 5.91 Å². The third kappa shape index (κ3) is 2.46. The second-order valence-electron chi connectivity index (χ2n) is 5.54. The number of benzene rings is 2. The van der Waals surface area contributed by atoms with E-state index in [2.05, 4.69) is 10.3 Å². The molecule has 0 saturated carbocycles. The zero-order valence-electron chi connectivity index (χ0n) is 13.1. The molecule has 2 heterocycles. The second-order valence-corrected chi connectivity index (χ2v) is 5.54. The molecule has 24 heavy (non-hydrogen) atoms. The number of hydrogen-bond acceptors (Lipinski definition) is 3. The average Bonchev–Trinajstić information content (AvgIpc) is 3.24. The van der Waals surface area contributed by atoms with Gasteiger partial charge in [0.2, 0.25) is 0 Å². The Morgan fingerprint density at radius 2 is 1.92 bits per heavy atom. The molecule has 1 amide bonds. The van der Waals surface area contributed by atoms with Crippen LogP contribution in [0.2, 0.25) is 0 Å². The molecule has 5 heteroatoms. The van der Waals surface area contributed by atoms with Gasteiger partial charge in [0.1, 0.15) is 5.69 Å². The summed E-state index contributed by atoms with van der Waals surface area (Å²) in [6, 6.07) is 17.3. The molecule has 0 aliphatic heterocycles. The summed E-state index contributed by atoms with van der Waals surface area (Å²) in [7, 11) is 1.89. The Labute approximate surface area is 138 Å². The topological polar surface area (TPSA) is 60.1 Å². The minimum absolute atomic E-state index is 0.138. The Kier molecular flexibility index (Phi) is 3.39. The molecular weight excluding hydrogens is 302 g/mol. The highest BCUT2D eigenvalue weighted by Gasteiger charge is 2.13. The Hall–Kier alpha value is -3.34. The molecule has 2 aromatic heterocycles. The number of nitrogens with zero attached hydrogens (tertiary/aromatic N) is 2. The van der Waals surface area contributed by atoms with Crippen molar-refractivity contribution in [3.8, 4) is 11.3 Å². The van der Waals surface area contributed by atoms with Gasteiger partial charge in [-0.15, -0.1) is 0 Å². The fourth-order valence-corrected chi connectivity index (χ4v) is 2.78. The molecule has 1 N–H and O–H groups in total. The van der Waals surface area contributed by atoms with Crippen molar-refractivity contribution in [3.05, 3.63) is 72.9 Å². The Bertz CT molecular complexity index is 999. The number of carbonyl (C=O) groups excluding carboxylic acids is 1. The standard InChI is InChI=1S/C19H15N3O2/c1-22-16-5-3-2-4-14(16)10-17(22)19(23)21-15-8-6-13(7-9-15)18-11-20-12-24-18/h2-12H,1H3,(H,21,23). The van der Waals surface area contributed by atoms with Crippen molar-refractivity contribution in [3.63, 3.8) is 0 Å². The molecule has 0 unspecified atom stereocenters. The third-order valence-corrected chi connectivity index (χ3v) is 4.04. The number of rotatable bonds is 3. The van der Waals surface area contributed by atoms with Crippen LogP contribution in [0.4, 0.5) is 5.69 Å². The summed E-state index contributed by atoms with van der Waals surface area (Å²) in [4.78, 5) is 16.5. The van der Waals surface area contributed by atoms with Crippen LogP contribution in [-0.4, -0.2) is 15.5 Å². The fraction of sp³-hybridized carbons (Fsp3) is 0.0526. The lowest BCUT2D eigenvalue weighted by atomic mass is 10.1. The second kappa shape index (κ2) is 5.70. The highest BCUT2D eigenvalue weighted by Crippen LogP contribution is 2.22. The normalized spacial score (nSPS) is 10.9. The minimum atomic E-state index is -0.138. The van der Waals surface area contributed by atoms with Crippen molar-refractivity contribution in [2.24, 2.45) is 7.05 Å². The maximum atomic E-state index is 12.6. The lowest BCUT2D eigenvalue weighted by Gasteiger charge is -2.07. The number of anilines is 1. The predicted octanol–water partition coefficient (Wildman–Crippen LogP) is 4.09. The summed E-state index contributed by atoms with van der Waals surface area (Å²) in [5.41, 5.74) is 3.29. The summed E-state index contributed by atoms with van der Waals surface area (Å²) in [5.74, 6) is 0.558. The van der Waals surface area contributed by atoms with E-state index >= 15 is 0 Å². The van der Waals surface area contributed by atoms with Crippen molar-refractivity contribution in [2.75, 3.05) is 5.32 Å². The number of fused-ring (bicyclic) bond motifs is 1. The van der Waals surface area contributed by atoms with Crippen LogP contribution >= 0.6 is 0 Å². The predicted molar refractivity (Wildman–Crippen MR) is 92.8 cm³/mol. The summed E-state index contributed by atoms with van der Waals surface area (Å²) < 4.78 is 7.15. The molecular formula is C19H15N3O2. The van der Waals surface area contributed by atoms with Gasteiger partial charge in [-0.05, 0) is 36.4 Å². The molecule has 0 aliphatic rings. The van der Waals surface area contributed by atoms with Gasteiger partial charge < -0.3 is 14.3 Å². The van der Waals surface area contributed by atoms with Crippen LogP contribution in [0.1, 0.15) is 10.5 Å². The van der Waals surface area contributed by atoms with E-state index in [9.17, 15) is 4.79 Å². The number of carbonyl (C=O) groups is 1. The molecule has 0 bridgehead atoms. The SMILES string of the molecule is Cn1c(C(=O)Nc2ccc(-c3cnco3)cc2)cc2ccccc21. The van der Waals surface area contributed by atoms with Gasteiger partial charge >= 0.3 is 0 Å². The van der Waals surface area contributed by atoms with Gasteiger partial charge in [0, 0.05) is 29.2 Å². The number of aromatic nitrogens is 2. The van der Waals surface area contributed by atoms with E-state index in [0.717, 1.165) is 22.2 Å². The molecule has 0 spiro atoms. The van der Waals surface area contributed by atoms with Gasteiger partial charge in [0.05, 0.1) is 6.20 Å². The van der Waals surface area contributed by atoms with Crippen LogP contribution in [0, 0.1) is 0 Å². The van der Waals surface area contributed by atoms with Crippen molar-refractivity contribution in [1.29, 1.82) is 0 Å². The van der Waals surface area contributed by atoms with Crippen molar-refractivity contribution in [2.45, 2.75) is 0 Å². The molecule has 2 aromatic carbocycles. The molecule has 0 radical (unpaired) electrons. The summed E-state index contributed by atoms with van der Waals surface area (Å²) in [5, 5.41) is 3.97. The van der Waals surface area contributed by atoms with Crippen molar-refractivity contribution in [1.82, 2.24) is 9.55 Å². The van der Waals surface area contributed by atoms with Crippen LogP contribution in [0.5, 0.6) is 0 Å². The van der Waals surface area contributed by atoms with E-state index in [0.29, 0.717) is 11.5 Å². The van der Waals surface area contributed by atoms with Crippen LogP contribution in [0.25, 0.3) is 22.2 Å². The average molecular weight is 317 g/mol. The lowest BCUT2D eigenvalue weighted by molar-refractivity contribution is 0.102. The van der Waals surface area contributed by atoms with Crippen molar-refractivity contribution < 1.29 is 9.21 Å². The van der Waals surface area contributed by atoms with E-state index in [1.54, 1.807) is 6.20 Å². The van der Waals surface area contributed by atoms with Crippen molar-refractivity contribution >= 4 is 22.5 Å². The molecule has 0 atom stereocenters. The van der Waals surface area contributed by atoms with E-state index in [1.807, 2.05) is 66.2 Å². The Balaban J connectivity index is 1.58. The molecule has 5 nitrogen and oxygen atoms in total. The fourth-order valence-electron chi connectivity index (χ4n) is 2.78. The van der Waals surface area contributed by atoms with Gasteiger partial charge in [0.15, 0.2) is 12.2 Å².